The summed E-state index contributed by atoms with van der Waals surface area (Å²) in [6.07, 6.45) is 3.65. The molecule has 1 atom stereocenters. The Morgan fingerprint density at radius 2 is 1.88 bits per heavy atom. The van der Waals surface area contributed by atoms with Gasteiger partial charge < -0.3 is 10.1 Å². The maximum absolute atomic E-state index is 5.41. The fourth-order valence-corrected chi connectivity index (χ4v) is 2.30. The molecule has 0 radical (unpaired) electrons. The molecule has 1 rings (SSSR count). The molecule has 0 saturated carbocycles. The highest BCUT2D eigenvalue weighted by atomic mass is 16.5. The van der Waals surface area contributed by atoms with Crippen LogP contribution in [0.3, 0.4) is 0 Å². The van der Waals surface area contributed by atoms with E-state index in [9.17, 15) is 0 Å². The van der Waals surface area contributed by atoms with E-state index in [1.165, 1.54) is 19.3 Å². The van der Waals surface area contributed by atoms with Crippen molar-refractivity contribution in [3.63, 3.8) is 0 Å². The summed E-state index contributed by atoms with van der Waals surface area (Å²) in [5, 5.41) is 3.56. The van der Waals surface area contributed by atoms with Gasteiger partial charge in [0, 0.05) is 31.8 Å². The third kappa shape index (κ3) is 5.84. The van der Waals surface area contributed by atoms with E-state index in [2.05, 4.69) is 38.0 Å². The second-order valence-electron chi connectivity index (χ2n) is 5.74. The third-order valence-corrected chi connectivity index (χ3v) is 3.80. The molecule has 1 N–H and O–H groups in total. The number of nitrogens with one attached hydrogen (secondary N) is 1. The molecular formula is C14H30N2O. The van der Waals surface area contributed by atoms with Crippen molar-refractivity contribution in [2.75, 3.05) is 33.4 Å². The second-order valence-corrected chi connectivity index (χ2v) is 5.74. The molecule has 1 aliphatic heterocycles. The van der Waals surface area contributed by atoms with Crippen molar-refractivity contribution in [1.29, 1.82) is 0 Å². The molecular weight excluding hydrogens is 212 g/mol. The molecule has 1 saturated heterocycles. The van der Waals surface area contributed by atoms with E-state index < -0.39 is 0 Å². The van der Waals surface area contributed by atoms with Crippen molar-refractivity contribution >= 4 is 0 Å². The van der Waals surface area contributed by atoms with Gasteiger partial charge in [-0.05, 0) is 45.7 Å². The average molecular weight is 242 g/mol. The molecule has 0 aromatic carbocycles. The zero-order valence-corrected chi connectivity index (χ0v) is 12.0. The maximum atomic E-state index is 5.41. The van der Waals surface area contributed by atoms with Gasteiger partial charge in [0.1, 0.15) is 0 Å². The van der Waals surface area contributed by atoms with E-state index in [1.807, 2.05) is 0 Å². The monoisotopic (exact) mass is 242 g/mol. The summed E-state index contributed by atoms with van der Waals surface area (Å²) in [4.78, 5) is 2.52. The minimum atomic E-state index is 0.616. The molecule has 3 heteroatoms. The predicted octanol–water partition coefficient (Wildman–Crippen LogP) is 2.12. The molecule has 0 spiro atoms. The lowest BCUT2D eigenvalue weighted by atomic mass is 10.1. The number of ether oxygens (including phenoxy) is 1. The Morgan fingerprint density at radius 1 is 1.24 bits per heavy atom. The van der Waals surface area contributed by atoms with Crippen molar-refractivity contribution in [3.05, 3.63) is 0 Å². The molecule has 0 bridgehead atoms. The minimum absolute atomic E-state index is 0.616. The molecule has 0 aromatic rings. The molecule has 0 aromatic heterocycles. The SMILES string of the molecule is CC(C)CCNCC(C)N(C)C1CCOCC1. The van der Waals surface area contributed by atoms with Gasteiger partial charge in [-0.2, -0.15) is 0 Å². The topological polar surface area (TPSA) is 24.5 Å². The number of hydrogen-bond acceptors (Lipinski definition) is 3. The van der Waals surface area contributed by atoms with Crippen molar-refractivity contribution in [2.45, 2.75) is 52.1 Å². The zero-order chi connectivity index (χ0) is 12.7. The largest absolute Gasteiger partial charge is 0.381 e. The van der Waals surface area contributed by atoms with Gasteiger partial charge in [0.25, 0.3) is 0 Å². The Balaban J connectivity index is 2.14. The standard InChI is InChI=1S/C14H30N2O/c1-12(2)5-8-15-11-13(3)16(4)14-6-9-17-10-7-14/h12-15H,5-11H2,1-4H3. The lowest BCUT2D eigenvalue weighted by Crippen LogP contribution is -2.46. The van der Waals surface area contributed by atoms with Gasteiger partial charge in [-0.1, -0.05) is 13.8 Å². The van der Waals surface area contributed by atoms with E-state index in [0.717, 1.165) is 32.2 Å². The summed E-state index contributed by atoms with van der Waals surface area (Å²) in [7, 11) is 2.25. The highest BCUT2D eigenvalue weighted by molar-refractivity contribution is 4.77. The summed E-state index contributed by atoms with van der Waals surface area (Å²) in [6.45, 7) is 11.0. The first-order chi connectivity index (χ1) is 8.11. The van der Waals surface area contributed by atoms with Gasteiger partial charge in [-0.25, -0.2) is 0 Å². The summed E-state index contributed by atoms with van der Waals surface area (Å²) < 4.78 is 5.41. The minimum Gasteiger partial charge on any atom is -0.381 e. The fourth-order valence-electron chi connectivity index (χ4n) is 2.30. The van der Waals surface area contributed by atoms with Crippen molar-refractivity contribution in [1.82, 2.24) is 10.2 Å². The molecule has 3 nitrogen and oxygen atoms in total. The summed E-state index contributed by atoms with van der Waals surface area (Å²) in [5.41, 5.74) is 0. The fraction of sp³-hybridized carbons (Fsp3) is 1.00. The number of likely N-dealkylation sites (N-methyl/N-ethyl adjacent to an activating group) is 1. The van der Waals surface area contributed by atoms with E-state index in [-0.39, 0.29) is 0 Å². The summed E-state index contributed by atoms with van der Waals surface area (Å²) in [5.74, 6) is 0.797. The molecule has 1 heterocycles. The zero-order valence-electron chi connectivity index (χ0n) is 12.0. The molecule has 1 unspecified atom stereocenters. The summed E-state index contributed by atoms with van der Waals surface area (Å²) >= 11 is 0. The van der Waals surface area contributed by atoms with Crippen LogP contribution < -0.4 is 5.32 Å². The van der Waals surface area contributed by atoms with Crippen LogP contribution in [-0.4, -0.2) is 50.3 Å². The van der Waals surface area contributed by atoms with E-state index in [0.29, 0.717) is 12.1 Å². The van der Waals surface area contributed by atoms with Crippen LogP contribution in [0.15, 0.2) is 0 Å². The number of nitrogens with zero attached hydrogens (tertiary/aromatic N) is 1. The number of rotatable bonds is 7. The van der Waals surface area contributed by atoms with Crippen LogP contribution in [0.25, 0.3) is 0 Å². The Bertz CT molecular complexity index is 191. The quantitative estimate of drug-likeness (QED) is 0.692. The predicted molar refractivity (Wildman–Crippen MR) is 73.4 cm³/mol. The van der Waals surface area contributed by atoms with Crippen LogP contribution in [-0.2, 0) is 4.74 Å². The molecule has 1 aliphatic rings. The van der Waals surface area contributed by atoms with Gasteiger partial charge in [0.15, 0.2) is 0 Å². The van der Waals surface area contributed by atoms with Crippen LogP contribution in [0.1, 0.15) is 40.0 Å². The Hall–Kier alpha value is -0.120. The molecule has 0 aliphatic carbocycles. The summed E-state index contributed by atoms with van der Waals surface area (Å²) in [6, 6.07) is 1.33. The highest BCUT2D eigenvalue weighted by Gasteiger charge is 2.21. The number of hydrogen-bond donors (Lipinski definition) is 1. The van der Waals surface area contributed by atoms with Gasteiger partial charge in [-0.15, -0.1) is 0 Å². The van der Waals surface area contributed by atoms with Crippen molar-refractivity contribution in [3.8, 4) is 0 Å². The van der Waals surface area contributed by atoms with Gasteiger partial charge in [0.05, 0.1) is 0 Å². The third-order valence-electron chi connectivity index (χ3n) is 3.80. The Kier molecular flexibility index (Phi) is 7.09. The second kappa shape index (κ2) is 8.06. The highest BCUT2D eigenvalue weighted by Crippen LogP contribution is 2.14. The lowest BCUT2D eigenvalue weighted by molar-refractivity contribution is 0.0312. The molecule has 0 amide bonds. The van der Waals surface area contributed by atoms with Crippen LogP contribution in [0.2, 0.25) is 0 Å². The molecule has 102 valence electrons. The smallest absolute Gasteiger partial charge is 0.0480 e. The first-order valence-corrected chi connectivity index (χ1v) is 7.11. The average Bonchev–Trinajstić information content (AvgIpc) is 2.34. The normalized spacial score (nSPS) is 20.1. The van der Waals surface area contributed by atoms with Crippen LogP contribution in [0.4, 0.5) is 0 Å². The maximum Gasteiger partial charge on any atom is 0.0480 e. The van der Waals surface area contributed by atoms with Crippen molar-refractivity contribution in [2.24, 2.45) is 5.92 Å². The Morgan fingerprint density at radius 3 is 2.47 bits per heavy atom. The van der Waals surface area contributed by atoms with Gasteiger partial charge in [-0.3, -0.25) is 4.90 Å². The van der Waals surface area contributed by atoms with Crippen LogP contribution >= 0.6 is 0 Å². The first-order valence-electron chi connectivity index (χ1n) is 7.11. The molecule has 1 fully saturated rings. The van der Waals surface area contributed by atoms with E-state index >= 15 is 0 Å². The first kappa shape index (κ1) is 14.9. The Labute approximate surface area is 107 Å². The van der Waals surface area contributed by atoms with Gasteiger partial charge >= 0.3 is 0 Å². The van der Waals surface area contributed by atoms with E-state index in [4.69, 9.17) is 4.74 Å². The molecule has 17 heavy (non-hydrogen) atoms. The van der Waals surface area contributed by atoms with Crippen LogP contribution in [0.5, 0.6) is 0 Å². The lowest BCUT2D eigenvalue weighted by Gasteiger charge is -2.35. The van der Waals surface area contributed by atoms with Crippen LogP contribution in [0, 0.1) is 5.92 Å². The van der Waals surface area contributed by atoms with E-state index in [1.54, 1.807) is 0 Å². The van der Waals surface area contributed by atoms with Gasteiger partial charge in [0.2, 0.25) is 0 Å². The van der Waals surface area contributed by atoms with Crippen molar-refractivity contribution < 1.29 is 4.74 Å².